The van der Waals surface area contributed by atoms with Gasteiger partial charge in [0.25, 0.3) is 0 Å². The van der Waals surface area contributed by atoms with Crippen LogP contribution in [-0.2, 0) is 5.75 Å². The lowest BCUT2D eigenvalue weighted by molar-refractivity contribution is -0.396. The number of para-hydroxylation sites is 2. The Balaban J connectivity index is 1.74. The summed E-state index contributed by atoms with van der Waals surface area (Å²) < 4.78 is 12.8. The van der Waals surface area contributed by atoms with Gasteiger partial charge in [-0.2, -0.15) is 0 Å². The molecule has 18 heavy (non-hydrogen) atoms. The van der Waals surface area contributed by atoms with Crippen molar-refractivity contribution in [2.45, 2.75) is 10.9 Å². The third-order valence-electron chi connectivity index (χ3n) is 2.72. The van der Waals surface area contributed by atoms with E-state index in [1.165, 1.54) is 12.1 Å². The maximum absolute atomic E-state index is 12.8. The number of fused-ring (bicyclic) bond motifs is 1. The number of imidazole rings is 1. The summed E-state index contributed by atoms with van der Waals surface area (Å²) in [6.45, 7) is 0. The van der Waals surface area contributed by atoms with Crippen LogP contribution in [0.2, 0.25) is 0 Å². The fourth-order valence-corrected chi connectivity index (χ4v) is 2.65. The second kappa shape index (κ2) is 4.82. The van der Waals surface area contributed by atoms with Gasteiger partial charge in [-0.3, -0.25) is 0 Å². The van der Waals surface area contributed by atoms with E-state index in [1.54, 1.807) is 11.8 Å². The number of halogens is 1. The fraction of sp³-hybridized carbons (Fsp3) is 0.0714. The van der Waals surface area contributed by atoms with E-state index in [2.05, 4.69) is 9.97 Å². The van der Waals surface area contributed by atoms with Crippen LogP contribution in [0, 0.1) is 5.82 Å². The van der Waals surface area contributed by atoms with Crippen LogP contribution in [0.1, 0.15) is 5.56 Å². The minimum atomic E-state index is -0.194. The molecule has 0 aliphatic rings. The van der Waals surface area contributed by atoms with Crippen LogP contribution in [0.15, 0.2) is 53.7 Å². The molecule has 3 rings (SSSR count). The molecule has 0 amide bonds. The first-order chi connectivity index (χ1) is 8.81. The number of hydrogen-bond donors (Lipinski definition) is 1. The van der Waals surface area contributed by atoms with E-state index in [-0.39, 0.29) is 5.82 Å². The molecule has 0 spiro atoms. The first-order valence-corrected chi connectivity index (χ1v) is 6.67. The van der Waals surface area contributed by atoms with E-state index < -0.39 is 0 Å². The first-order valence-electron chi connectivity index (χ1n) is 5.68. The summed E-state index contributed by atoms with van der Waals surface area (Å²) in [4.78, 5) is 6.62. The van der Waals surface area contributed by atoms with Crippen molar-refractivity contribution in [3.8, 4) is 0 Å². The Morgan fingerprint density at radius 2 is 1.83 bits per heavy atom. The van der Waals surface area contributed by atoms with Crippen molar-refractivity contribution < 1.29 is 9.37 Å². The summed E-state index contributed by atoms with van der Waals surface area (Å²) in [5, 5.41) is 1.01. The van der Waals surface area contributed by atoms with E-state index in [9.17, 15) is 4.39 Å². The van der Waals surface area contributed by atoms with Crippen molar-refractivity contribution in [3.05, 3.63) is 59.9 Å². The summed E-state index contributed by atoms with van der Waals surface area (Å²) in [5.41, 5.74) is 3.30. The third kappa shape index (κ3) is 2.38. The average Bonchev–Trinajstić information content (AvgIpc) is 2.81. The molecule has 0 saturated carbocycles. The molecule has 0 bridgehead atoms. The van der Waals surface area contributed by atoms with Gasteiger partial charge in [-0.05, 0) is 41.6 Å². The number of aromatic nitrogens is 2. The molecule has 0 fully saturated rings. The molecule has 0 unspecified atom stereocenters. The molecule has 0 aliphatic heterocycles. The molecule has 2 nitrogen and oxygen atoms in total. The molecule has 0 atom stereocenters. The van der Waals surface area contributed by atoms with Crippen molar-refractivity contribution in [3.63, 3.8) is 0 Å². The molecule has 4 heteroatoms. The standard InChI is InChI=1S/C14H11FN2S/c15-11-7-5-10(6-8-11)9-18-14-16-12-3-1-2-4-13(12)17-14/h1-8H,9H2,(H,16,17)/p+1. The number of H-pyrrole nitrogens is 2. The first kappa shape index (κ1) is 11.3. The highest BCUT2D eigenvalue weighted by molar-refractivity contribution is 7.98. The third-order valence-corrected chi connectivity index (χ3v) is 3.69. The van der Waals surface area contributed by atoms with Crippen LogP contribution < -0.4 is 4.98 Å². The lowest BCUT2D eigenvalue weighted by Crippen LogP contribution is -2.01. The highest BCUT2D eigenvalue weighted by atomic mass is 32.2. The monoisotopic (exact) mass is 259 g/mol. The van der Waals surface area contributed by atoms with Crippen LogP contribution in [0.25, 0.3) is 11.0 Å². The highest BCUT2D eigenvalue weighted by Crippen LogP contribution is 2.20. The Labute approximate surface area is 108 Å². The highest BCUT2D eigenvalue weighted by Gasteiger charge is 2.09. The van der Waals surface area contributed by atoms with Gasteiger partial charge in [0, 0.05) is 5.75 Å². The van der Waals surface area contributed by atoms with Crippen LogP contribution in [0.3, 0.4) is 0 Å². The molecule has 3 aromatic rings. The molecule has 0 aliphatic carbocycles. The molecule has 2 aromatic carbocycles. The topological polar surface area (TPSA) is 29.9 Å². The number of nitrogens with one attached hydrogen (secondary N) is 2. The summed E-state index contributed by atoms with van der Waals surface area (Å²) in [6, 6.07) is 14.7. The average molecular weight is 259 g/mol. The molecule has 2 N–H and O–H groups in total. The van der Waals surface area contributed by atoms with Crippen LogP contribution >= 0.6 is 11.8 Å². The minimum Gasteiger partial charge on any atom is -0.231 e. The summed E-state index contributed by atoms with van der Waals surface area (Å²) >= 11 is 1.67. The predicted molar refractivity (Wildman–Crippen MR) is 70.8 cm³/mol. The quantitative estimate of drug-likeness (QED) is 0.718. The van der Waals surface area contributed by atoms with Gasteiger partial charge in [-0.25, -0.2) is 14.4 Å². The van der Waals surface area contributed by atoms with Crippen molar-refractivity contribution in [2.75, 3.05) is 0 Å². The fourth-order valence-electron chi connectivity index (χ4n) is 1.79. The van der Waals surface area contributed by atoms with Gasteiger partial charge in [0.2, 0.25) is 0 Å². The van der Waals surface area contributed by atoms with Crippen LogP contribution in [-0.4, -0.2) is 4.98 Å². The van der Waals surface area contributed by atoms with Crippen molar-refractivity contribution in [1.82, 2.24) is 4.98 Å². The molecule has 0 saturated heterocycles. The molecular formula is C14H12FN2S+. The number of benzene rings is 2. The molecule has 1 heterocycles. The zero-order chi connectivity index (χ0) is 12.4. The van der Waals surface area contributed by atoms with E-state index in [0.717, 1.165) is 27.5 Å². The van der Waals surface area contributed by atoms with Gasteiger partial charge in [0.05, 0.1) is 0 Å². The van der Waals surface area contributed by atoms with Gasteiger partial charge in [-0.1, -0.05) is 24.3 Å². The number of aromatic amines is 2. The second-order valence-electron chi connectivity index (χ2n) is 4.04. The van der Waals surface area contributed by atoms with E-state index in [4.69, 9.17) is 0 Å². The summed E-state index contributed by atoms with van der Waals surface area (Å²) in [5.74, 6) is 0.616. The van der Waals surface area contributed by atoms with E-state index in [1.807, 2.05) is 36.4 Å². The Morgan fingerprint density at radius 3 is 2.61 bits per heavy atom. The lowest BCUT2D eigenvalue weighted by Gasteiger charge is -1.96. The van der Waals surface area contributed by atoms with Gasteiger partial charge < -0.3 is 0 Å². The Kier molecular flexibility index (Phi) is 3.02. The Morgan fingerprint density at radius 1 is 1.06 bits per heavy atom. The minimum absolute atomic E-state index is 0.194. The molecule has 90 valence electrons. The van der Waals surface area contributed by atoms with E-state index in [0.29, 0.717) is 0 Å². The van der Waals surface area contributed by atoms with Crippen molar-refractivity contribution in [2.24, 2.45) is 0 Å². The van der Waals surface area contributed by atoms with Crippen LogP contribution in [0.5, 0.6) is 0 Å². The zero-order valence-electron chi connectivity index (χ0n) is 9.61. The smallest absolute Gasteiger partial charge is 0.231 e. The SMILES string of the molecule is Fc1ccc(CSc2[nH]c3ccccc3[nH+]2)cc1. The number of rotatable bonds is 3. The van der Waals surface area contributed by atoms with Gasteiger partial charge >= 0.3 is 5.16 Å². The van der Waals surface area contributed by atoms with E-state index >= 15 is 0 Å². The Hall–Kier alpha value is -1.81. The molecular weight excluding hydrogens is 247 g/mol. The molecule has 0 radical (unpaired) electrons. The number of hydrogen-bond acceptors (Lipinski definition) is 1. The van der Waals surface area contributed by atoms with Gasteiger partial charge in [0.15, 0.2) is 11.0 Å². The summed E-state index contributed by atoms with van der Waals surface area (Å²) in [7, 11) is 0. The maximum Gasteiger partial charge on any atom is 0.314 e. The van der Waals surface area contributed by atoms with Gasteiger partial charge in [-0.15, -0.1) is 0 Å². The predicted octanol–water partition coefficient (Wildman–Crippen LogP) is 3.41. The van der Waals surface area contributed by atoms with Crippen molar-refractivity contribution in [1.29, 1.82) is 0 Å². The molecule has 1 aromatic heterocycles. The zero-order valence-corrected chi connectivity index (χ0v) is 10.4. The maximum atomic E-state index is 12.8. The number of thioether (sulfide) groups is 1. The second-order valence-corrected chi connectivity index (χ2v) is 5.03. The van der Waals surface area contributed by atoms with Gasteiger partial charge in [0.1, 0.15) is 5.82 Å². The van der Waals surface area contributed by atoms with Crippen molar-refractivity contribution >= 4 is 22.8 Å². The van der Waals surface area contributed by atoms with Crippen LogP contribution in [0.4, 0.5) is 4.39 Å². The largest absolute Gasteiger partial charge is 0.314 e. The lowest BCUT2D eigenvalue weighted by atomic mass is 10.2. The Bertz CT molecular complexity index is 628. The summed E-state index contributed by atoms with van der Waals surface area (Å²) in [6.07, 6.45) is 0. The normalized spacial score (nSPS) is 10.9.